The van der Waals surface area contributed by atoms with Crippen LogP contribution in [0, 0.1) is 24.2 Å². The van der Waals surface area contributed by atoms with Crippen molar-refractivity contribution in [3.63, 3.8) is 0 Å². The standard InChI is InChI=1S/C70H73N4O.Pt/c1-46(2)58-29-22-30-59(47(3)4)66(58)48-37-55(72-44-64(68(8,9)10)73(45-72)54-28-21-27-52(39-54)69(11,12)49-23-17-15-18-24-49)42-57(38-48)75-56-32-33-60-61-40-53(70(13,14)50-25-19-16-20-26-50)31-34-62(61)74(63(60)43-56)65-41-51(35-36-71-65)67(5,6)7;/h15-41,44-47H,1-14H3;/q-3;. The van der Waals surface area contributed by atoms with E-state index in [1.165, 1.54) is 50.2 Å². The van der Waals surface area contributed by atoms with Crippen molar-refractivity contribution in [2.75, 3.05) is 9.80 Å². The summed E-state index contributed by atoms with van der Waals surface area (Å²) in [5, 5.41) is 2.23. The number of hydrogen-bond acceptors (Lipinski definition) is 4. The van der Waals surface area contributed by atoms with Crippen LogP contribution in [0.15, 0.2) is 176 Å². The van der Waals surface area contributed by atoms with Crippen molar-refractivity contribution in [3.8, 4) is 28.4 Å². The van der Waals surface area contributed by atoms with Gasteiger partial charge in [-0.25, -0.2) is 4.98 Å². The quantitative estimate of drug-likeness (QED) is 0.114. The zero-order chi connectivity index (χ0) is 53.2. The second-order valence-electron chi connectivity index (χ2n) is 24.3. The molecule has 76 heavy (non-hydrogen) atoms. The third-order valence-electron chi connectivity index (χ3n) is 15.6. The molecule has 3 heterocycles. The first kappa shape index (κ1) is 54.1. The molecule has 0 spiro atoms. The minimum atomic E-state index is -0.223. The Morgan fingerprint density at radius 1 is 0.526 bits per heavy atom. The van der Waals surface area contributed by atoms with Gasteiger partial charge >= 0.3 is 0 Å². The van der Waals surface area contributed by atoms with Gasteiger partial charge in [0.05, 0.1) is 0 Å². The summed E-state index contributed by atoms with van der Waals surface area (Å²) in [5.74, 6) is 2.65. The summed E-state index contributed by atoms with van der Waals surface area (Å²) in [4.78, 5) is 9.61. The molecular formula is C70H73N4OPt-3. The van der Waals surface area contributed by atoms with Crippen molar-refractivity contribution < 1.29 is 25.8 Å². The summed E-state index contributed by atoms with van der Waals surface area (Å²) in [5.41, 5.74) is 15.6. The van der Waals surface area contributed by atoms with Crippen molar-refractivity contribution in [2.45, 2.75) is 125 Å². The number of hydrogen-bond donors (Lipinski definition) is 0. The smallest absolute Gasteiger partial charge is 0.135 e. The first-order valence-corrected chi connectivity index (χ1v) is 26.8. The molecule has 0 saturated carbocycles. The van der Waals surface area contributed by atoms with Crippen LogP contribution < -0.4 is 14.5 Å². The number of nitrogens with zero attached hydrogens (tertiary/aromatic N) is 4. The molecule has 5 nitrogen and oxygen atoms in total. The van der Waals surface area contributed by atoms with Crippen molar-refractivity contribution in [1.82, 2.24) is 9.55 Å². The van der Waals surface area contributed by atoms with E-state index < -0.39 is 0 Å². The van der Waals surface area contributed by atoms with Gasteiger partial charge in [0.1, 0.15) is 5.82 Å². The van der Waals surface area contributed by atoms with Gasteiger partial charge in [0.25, 0.3) is 0 Å². The van der Waals surface area contributed by atoms with Crippen LogP contribution in [-0.2, 0) is 37.3 Å². The molecule has 0 amide bonds. The minimum Gasteiger partial charge on any atom is -0.509 e. The zero-order valence-electron chi connectivity index (χ0n) is 46.9. The number of pyridine rings is 1. The van der Waals surface area contributed by atoms with Crippen LogP contribution in [0.4, 0.5) is 11.4 Å². The molecule has 0 saturated heterocycles. The maximum atomic E-state index is 7.13. The molecule has 0 N–H and O–H groups in total. The van der Waals surface area contributed by atoms with Crippen molar-refractivity contribution in [3.05, 3.63) is 234 Å². The molecule has 0 unspecified atom stereocenters. The van der Waals surface area contributed by atoms with Gasteiger partial charge in [-0.15, -0.1) is 53.6 Å². The van der Waals surface area contributed by atoms with Gasteiger partial charge in [-0.05, 0) is 104 Å². The van der Waals surface area contributed by atoms with Gasteiger partial charge in [-0.2, -0.15) is 6.07 Å². The molecule has 10 rings (SSSR count). The van der Waals surface area contributed by atoms with E-state index in [1.807, 2.05) is 6.20 Å². The summed E-state index contributed by atoms with van der Waals surface area (Å²) >= 11 is 0. The Morgan fingerprint density at radius 2 is 1.13 bits per heavy atom. The molecule has 2 aromatic heterocycles. The zero-order valence-corrected chi connectivity index (χ0v) is 49.2. The third-order valence-corrected chi connectivity index (χ3v) is 15.6. The molecule has 9 aromatic rings. The van der Waals surface area contributed by atoms with Crippen LogP contribution in [0.1, 0.15) is 148 Å². The number of ether oxygens (including phenoxy) is 1. The van der Waals surface area contributed by atoms with Gasteiger partial charge in [0.2, 0.25) is 0 Å². The molecular weight excluding hydrogens is 1110 g/mol. The first-order valence-electron chi connectivity index (χ1n) is 26.8. The van der Waals surface area contributed by atoms with Crippen LogP contribution in [0.5, 0.6) is 11.5 Å². The first-order chi connectivity index (χ1) is 35.6. The average Bonchev–Trinajstić information content (AvgIpc) is 4.03. The molecule has 1 aliphatic rings. The second-order valence-corrected chi connectivity index (χ2v) is 24.3. The van der Waals surface area contributed by atoms with E-state index >= 15 is 0 Å². The van der Waals surface area contributed by atoms with Gasteiger partial charge in [-0.1, -0.05) is 206 Å². The Morgan fingerprint density at radius 3 is 1.74 bits per heavy atom. The fourth-order valence-electron chi connectivity index (χ4n) is 10.9. The summed E-state index contributed by atoms with van der Waals surface area (Å²) < 4.78 is 9.39. The summed E-state index contributed by atoms with van der Waals surface area (Å²) in [6.45, 7) is 34.2. The predicted octanol–water partition coefficient (Wildman–Crippen LogP) is 18.8. The average molecular weight is 1180 g/mol. The number of fused-ring (bicyclic) bond motifs is 3. The molecule has 1 aliphatic heterocycles. The molecule has 0 atom stereocenters. The van der Waals surface area contributed by atoms with Crippen molar-refractivity contribution >= 4 is 33.2 Å². The van der Waals surface area contributed by atoms with Gasteiger partial charge in [-0.3, -0.25) is 0 Å². The van der Waals surface area contributed by atoms with E-state index in [-0.39, 0.29) is 42.7 Å². The van der Waals surface area contributed by atoms with Crippen LogP contribution in [0.25, 0.3) is 38.8 Å². The van der Waals surface area contributed by atoms with Crippen molar-refractivity contribution in [1.29, 1.82) is 0 Å². The Kier molecular flexibility index (Phi) is 14.7. The number of allylic oxidation sites excluding steroid dienone is 1. The second kappa shape index (κ2) is 20.7. The van der Waals surface area contributed by atoms with Crippen molar-refractivity contribution in [2.24, 2.45) is 5.41 Å². The fourth-order valence-corrected chi connectivity index (χ4v) is 10.9. The number of aromatic nitrogens is 2. The molecule has 392 valence electrons. The number of anilines is 2. The van der Waals surface area contributed by atoms with E-state index in [9.17, 15) is 0 Å². The minimum absolute atomic E-state index is 0. The summed E-state index contributed by atoms with van der Waals surface area (Å²) in [6, 6.07) is 64.9. The van der Waals surface area contributed by atoms with Crippen LogP contribution >= 0.6 is 0 Å². The maximum absolute atomic E-state index is 7.13. The topological polar surface area (TPSA) is 33.5 Å². The van der Waals surface area contributed by atoms with Crippen LogP contribution in [0.2, 0.25) is 0 Å². The van der Waals surface area contributed by atoms with Gasteiger partial charge in [0.15, 0.2) is 0 Å². The largest absolute Gasteiger partial charge is 0.509 e. The molecule has 0 aliphatic carbocycles. The Labute approximate surface area is 467 Å². The maximum Gasteiger partial charge on any atom is 0.135 e. The van der Waals surface area contributed by atoms with Gasteiger partial charge < -0.3 is 19.1 Å². The summed E-state index contributed by atoms with van der Waals surface area (Å²) in [7, 11) is 0. The van der Waals surface area contributed by atoms with E-state index in [0.29, 0.717) is 23.3 Å². The molecule has 0 radical (unpaired) electrons. The molecule has 6 heteroatoms. The van der Waals surface area contributed by atoms with Crippen LogP contribution in [0.3, 0.4) is 0 Å². The number of rotatable bonds is 12. The Bertz CT molecular complexity index is 3560. The Hall–Kier alpha value is -6.68. The molecule has 7 aromatic carbocycles. The third kappa shape index (κ3) is 10.3. The van der Waals surface area contributed by atoms with Gasteiger partial charge in [0, 0.05) is 71.9 Å². The number of benzene rings is 7. The fraction of sp³-hybridized carbons (Fsp3) is 0.286. The van der Waals surface area contributed by atoms with E-state index in [2.05, 4.69) is 294 Å². The Balaban J connectivity index is 0.00000706. The predicted molar refractivity (Wildman–Crippen MR) is 315 cm³/mol. The van der Waals surface area contributed by atoms with E-state index in [1.54, 1.807) is 0 Å². The molecule has 0 bridgehead atoms. The normalized spacial score (nSPS) is 13.5. The SMILES string of the molecule is CC(C)c1cccc(C(C)C)c1-c1cc(Oc2[c-]c3c(cc2)c2cc(C(C)(C)c4ccccc4)ccc2n3-c2cc(C(C)(C)C)ccn2)[c-]c(N2C=C(C(C)(C)C)N(c3cccc(C(C)(C)c4ccccc4)c3)[CH-]2)c1.[Pt]. The monoisotopic (exact) mass is 1180 g/mol. The van der Waals surface area contributed by atoms with E-state index in [0.717, 1.165) is 44.6 Å². The summed E-state index contributed by atoms with van der Waals surface area (Å²) in [6.07, 6.45) is 4.20. The van der Waals surface area contributed by atoms with Crippen LogP contribution in [-0.4, -0.2) is 9.55 Å². The van der Waals surface area contributed by atoms with E-state index in [4.69, 9.17) is 9.72 Å². The molecule has 0 fully saturated rings.